The number of hydrogen-bond acceptors (Lipinski definition) is 3. The molecule has 17 heavy (non-hydrogen) atoms. The molecule has 0 aliphatic rings. The van der Waals surface area contributed by atoms with Gasteiger partial charge in [0.15, 0.2) is 6.10 Å². The van der Waals surface area contributed by atoms with Crippen LogP contribution in [0.3, 0.4) is 0 Å². The Balaban J connectivity index is 2.96. The molecule has 1 aromatic carbocycles. The predicted molar refractivity (Wildman–Crippen MR) is 68.1 cm³/mol. The van der Waals surface area contributed by atoms with Crippen molar-refractivity contribution in [2.45, 2.75) is 25.9 Å². The van der Waals surface area contributed by atoms with E-state index < -0.39 is 12.0 Å². The molecule has 0 radical (unpaired) electrons. The lowest BCUT2D eigenvalue weighted by molar-refractivity contribution is -0.124. The molecule has 4 nitrogen and oxygen atoms in total. The second kappa shape index (κ2) is 6.47. The molecule has 0 aromatic heterocycles. The first kappa shape index (κ1) is 13.8. The molecular formula is C12H17ClN2O2. The first-order valence-corrected chi connectivity index (χ1v) is 5.91. The molecule has 1 aromatic rings. The van der Waals surface area contributed by atoms with Crippen molar-refractivity contribution in [3.05, 3.63) is 28.8 Å². The number of benzene rings is 1. The van der Waals surface area contributed by atoms with Gasteiger partial charge in [-0.25, -0.2) is 0 Å². The van der Waals surface area contributed by atoms with Gasteiger partial charge in [0.2, 0.25) is 0 Å². The lowest BCUT2D eigenvalue weighted by atomic mass is 10.1. The van der Waals surface area contributed by atoms with Gasteiger partial charge >= 0.3 is 0 Å². The van der Waals surface area contributed by atoms with E-state index in [1.807, 2.05) is 6.92 Å². The molecule has 0 fully saturated rings. The highest BCUT2D eigenvalue weighted by molar-refractivity contribution is 6.31. The monoisotopic (exact) mass is 256 g/mol. The number of hydrogen-bond donors (Lipinski definition) is 2. The summed E-state index contributed by atoms with van der Waals surface area (Å²) in [5.41, 5.74) is 11.6. The fraction of sp³-hybridized carbons (Fsp3) is 0.417. The molecule has 0 heterocycles. The number of carbonyl (C=O) groups is 1. The largest absolute Gasteiger partial charge is 0.480 e. The molecule has 0 spiro atoms. The maximum Gasteiger partial charge on any atom is 0.258 e. The van der Waals surface area contributed by atoms with E-state index in [1.54, 1.807) is 18.2 Å². The molecule has 1 atom stereocenters. The highest BCUT2D eigenvalue weighted by atomic mass is 35.5. The summed E-state index contributed by atoms with van der Waals surface area (Å²) < 4.78 is 5.58. The Morgan fingerprint density at radius 2 is 2.24 bits per heavy atom. The fourth-order valence-electron chi connectivity index (χ4n) is 1.53. The van der Waals surface area contributed by atoms with E-state index in [4.69, 9.17) is 27.8 Å². The Bertz CT molecular complexity index is 396. The summed E-state index contributed by atoms with van der Waals surface area (Å²) in [6.45, 7) is 2.30. The second-order valence-corrected chi connectivity index (χ2v) is 4.08. The van der Waals surface area contributed by atoms with Crippen molar-refractivity contribution in [3.8, 4) is 5.75 Å². The zero-order chi connectivity index (χ0) is 12.8. The van der Waals surface area contributed by atoms with Gasteiger partial charge in [0.25, 0.3) is 5.91 Å². The highest BCUT2D eigenvalue weighted by Crippen LogP contribution is 2.27. The van der Waals surface area contributed by atoms with Crippen molar-refractivity contribution in [2.75, 3.05) is 6.54 Å². The molecule has 1 amide bonds. The molecule has 1 unspecified atom stereocenters. The number of amides is 1. The minimum absolute atomic E-state index is 0.466. The third kappa shape index (κ3) is 3.61. The van der Waals surface area contributed by atoms with Gasteiger partial charge in [0, 0.05) is 10.6 Å². The van der Waals surface area contributed by atoms with Crippen LogP contribution in [0.2, 0.25) is 5.02 Å². The normalized spacial score (nSPS) is 12.2. The summed E-state index contributed by atoms with van der Waals surface area (Å²) >= 11 is 6.06. The van der Waals surface area contributed by atoms with Crippen molar-refractivity contribution in [3.63, 3.8) is 0 Å². The summed E-state index contributed by atoms with van der Waals surface area (Å²) in [7, 11) is 0. The number of halogens is 1. The molecule has 94 valence electrons. The standard InChI is InChI=1S/C12H17ClN2O2/c1-2-10(12(15)16)17-11-5-3-4-9(13)8(11)6-7-14/h3-5,10H,2,6-7,14H2,1H3,(H2,15,16). The number of primary amides is 1. The van der Waals surface area contributed by atoms with E-state index in [0.717, 1.165) is 5.56 Å². The van der Waals surface area contributed by atoms with Crippen LogP contribution in [0.25, 0.3) is 0 Å². The number of nitrogens with two attached hydrogens (primary N) is 2. The minimum Gasteiger partial charge on any atom is -0.480 e. The molecule has 1 rings (SSSR count). The van der Waals surface area contributed by atoms with Gasteiger partial charge in [0.05, 0.1) is 0 Å². The number of carbonyl (C=O) groups excluding carboxylic acids is 1. The van der Waals surface area contributed by atoms with Gasteiger partial charge in [-0.3, -0.25) is 4.79 Å². The molecule has 0 aliphatic heterocycles. The van der Waals surface area contributed by atoms with Crippen LogP contribution in [0.5, 0.6) is 5.75 Å². The molecule has 5 heteroatoms. The Kier molecular flexibility index (Phi) is 5.25. The molecule has 4 N–H and O–H groups in total. The van der Waals surface area contributed by atoms with E-state index in [0.29, 0.717) is 30.2 Å². The van der Waals surface area contributed by atoms with Crippen LogP contribution in [0.1, 0.15) is 18.9 Å². The summed E-state index contributed by atoms with van der Waals surface area (Å²) in [6.07, 6.45) is 0.485. The molecular weight excluding hydrogens is 240 g/mol. The van der Waals surface area contributed by atoms with E-state index >= 15 is 0 Å². The topological polar surface area (TPSA) is 78.3 Å². The van der Waals surface area contributed by atoms with E-state index in [2.05, 4.69) is 0 Å². The quantitative estimate of drug-likeness (QED) is 0.809. The van der Waals surface area contributed by atoms with Crippen LogP contribution in [0.15, 0.2) is 18.2 Å². The maximum atomic E-state index is 11.1. The van der Waals surface area contributed by atoms with Crippen LogP contribution in [0.4, 0.5) is 0 Å². The summed E-state index contributed by atoms with van der Waals surface area (Å²) in [6, 6.07) is 5.30. The minimum atomic E-state index is -0.634. The summed E-state index contributed by atoms with van der Waals surface area (Å²) in [4.78, 5) is 11.1. The average Bonchev–Trinajstić information content (AvgIpc) is 2.29. The first-order chi connectivity index (χ1) is 8.10. The maximum absolute atomic E-state index is 11.1. The van der Waals surface area contributed by atoms with Gasteiger partial charge in [-0.15, -0.1) is 0 Å². The van der Waals surface area contributed by atoms with Gasteiger partial charge in [-0.1, -0.05) is 24.6 Å². The average molecular weight is 257 g/mol. The van der Waals surface area contributed by atoms with Gasteiger partial charge in [-0.05, 0) is 31.5 Å². The number of ether oxygens (including phenoxy) is 1. The Labute approximate surface area is 106 Å². The second-order valence-electron chi connectivity index (χ2n) is 3.67. The summed E-state index contributed by atoms with van der Waals surface area (Å²) in [5, 5.41) is 0.590. The SMILES string of the molecule is CCC(Oc1cccc(Cl)c1CCN)C(N)=O. The lowest BCUT2D eigenvalue weighted by Gasteiger charge is -2.17. The zero-order valence-electron chi connectivity index (χ0n) is 9.78. The Morgan fingerprint density at radius 1 is 1.53 bits per heavy atom. The van der Waals surface area contributed by atoms with Crippen LogP contribution in [-0.2, 0) is 11.2 Å². The third-order valence-corrected chi connectivity index (χ3v) is 2.78. The lowest BCUT2D eigenvalue weighted by Crippen LogP contribution is -2.33. The molecule has 0 aliphatic carbocycles. The van der Waals surface area contributed by atoms with Gasteiger partial charge in [0.1, 0.15) is 5.75 Å². The Hall–Kier alpha value is -1.26. The predicted octanol–water partition coefficient (Wildman–Crippen LogP) is 1.48. The third-order valence-electron chi connectivity index (χ3n) is 2.43. The fourth-order valence-corrected chi connectivity index (χ4v) is 1.79. The Morgan fingerprint density at radius 3 is 2.76 bits per heavy atom. The first-order valence-electron chi connectivity index (χ1n) is 5.53. The van der Waals surface area contributed by atoms with Gasteiger partial charge < -0.3 is 16.2 Å². The highest BCUT2D eigenvalue weighted by Gasteiger charge is 2.17. The van der Waals surface area contributed by atoms with Crippen molar-refractivity contribution >= 4 is 17.5 Å². The van der Waals surface area contributed by atoms with E-state index in [9.17, 15) is 4.79 Å². The molecule has 0 bridgehead atoms. The summed E-state index contributed by atoms with van der Waals surface area (Å²) in [5.74, 6) is 0.0970. The van der Waals surface area contributed by atoms with Crippen LogP contribution in [-0.4, -0.2) is 18.6 Å². The smallest absolute Gasteiger partial charge is 0.258 e. The zero-order valence-corrected chi connectivity index (χ0v) is 10.5. The van der Waals surface area contributed by atoms with Crippen molar-refractivity contribution in [1.29, 1.82) is 0 Å². The van der Waals surface area contributed by atoms with Gasteiger partial charge in [-0.2, -0.15) is 0 Å². The van der Waals surface area contributed by atoms with Crippen LogP contribution >= 0.6 is 11.6 Å². The van der Waals surface area contributed by atoms with Crippen molar-refractivity contribution in [1.82, 2.24) is 0 Å². The van der Waals surface area contributed by atoms with E-state index in [-0.39, 0.29) is 0 Å². The van der Waals surface area contributed by atoms with Crippen molar-refractivity contribution in [2.24, 2.45) is 11.5 Å². The van der Waals surface area contributed by atoms with Crippen molar-refractivity contribution < 1.29 is 9.53 Å². The van der Waals surface area contributed by atoms with Crippen LogP contribution < -0.4 is 16.2 Å². The molecule has 0 saturated carbocycles. The van der Waals surface area contributed by atoms with E-state index in [1.165, 1.54) is 0 Å². The van der Waals surface area contributed by atoms with Crippen LogP contribution in [0, 0.1) is 0 Å². The molecule has 0 saturated heterocycles. The number of rotatable bonds is 6.